The Balaban J connectivity index is 1.72. The molecule has 26 heavy (non-hydrogen) atoms. The molecule has 8 heteroatoms. The minimum absolute atomic E-state index is 0.201. The van der Waals surface area contributed by atoms with Gasteiger partial charge in [0.1, 0.15) is 18.4 Å². The van der Waals surface area contributed by atoms with Crippen molar-refractivity contribution in [2.24, 2.45) is 0 Å². The molecule has 1 N–H and O–H groups in total. The van der Waals surface area contributed by atoms with Crippen LogP contribution in [-0.4, -0.2) is 29.8 Å². The topological polar surface area (TPSA) is 86.1 Å². The Hall–Kier alpha value is -2.71. The first kappa shape index (κ1) is 18.1. The molecule has 3 rings (SSSR count). The van der Waals surface area contributed by atoms with Gasteiger partial charge in [-0.1, -0.05) is 12.1 Å². The van der Waals surface area contributed by atoms with Gasteiger partial charge in [0, 0.05) is 6.04 Å². The van der Waals surface area contributed by atoms with Crippen LogP contribution in [0.25, 0.3) is 5.69 Å². The second-order valence-electron chi connectivity index (χ2n) is 5.68. The van der Waals surface area contributed by atoms with Crippen LogP contribution < -0.4 is 9.46 Å². The Morgan fingerprint density at radius 2 is 1.81 bits per heavy atom. The summed E-state index contributed by atoms with van der Waals surface area (Å²) in [5.41, 5.74) is 1.70. The molecule has 0 unspecified atom stereocenters. The van der Waals surface area contributed by atoms with Gasteiger partial charge in [-0.3, -0.25) is 0 Å². The van der Waals surface area contributed by atoms with Gasteiger partial charge in [0.2, 0.25) is 10.0 Å². The van der Waals surface area contributed by atoms with E-state index < -0.39 is 10.0 Å². The van der Waals surface area contributed by atoms with Crippen molar-refractivity contribution in [1.82, 2.24) is 19.5 Å². The first-order valence-corrected chi connectivity index (χ1v) is 9.68. The number of benzene rings is 2. The summed E-state index contributed by atoms with van der Waals surface area (Å²) >= 11 is 0. The van der Waals surface area contributed by atoms with Crippen molar-refractivity contribution in [1.29, 1.82) is 0 Å². The lowest BCUT2D eigenvalue weighted by Crippen LogP contribution is -2.26. The Bertz CT molecular complexity index is 937. The van der Waals surface area contributed by atoms with E-state index in [-0.39, 0.29) is 10.9 Å². The van der Waals surface area contributed by atoms with E-state index in [1.54, 1.807) is 30.1 Å². The van der Waals surface area contributed by atoms with Crippen LogP contribution in [0.15, 0.2) is 66.1 Å². The maximum atomic E-state index is 12.6. The van der Waals surface area contributed by atoms with E-state index in [0.29, 0.717) is 12.4 Å². The first-order chi connectivity index (χ1) is 12.5. The predicted octanol–water partition coefficient (Wildman–Crippen LogP) is 2.71. The second-order valence-corrected chi connectivity index (χ2v) is 7.39. The van der Waals surface area contributed by atoms with Crippen LogP contribution in [-0.2, 0) is 10.0 Å². The number of ether oxygens (including phenoxy) is 1. The third kappa shape index (κ3) is 4.09. The van der Waals surface area contributed by atoms with E-state index in [2.05, 4.69) is 14.8 Å². The van der Waals surface area contributed by atoms with Gasteiger partial charge in [-0.15, -0.1) is 0 Å². The van der Waals surface area contributed by atoms with E-state index in [0.717, 1.165) is 11.3 Å². The van der Waals surface area contributed by atoms with Crippen molar-refractivity contribution in [3.05, 3.63) is 66.7 Å². The fourth-order valence-corrected chi connectivity index (χ4v) is 3.74. The maximum absolute atomic E-state index is 12.6. The molecule has 0 saturated heterocycles. The molecular formula is C18H20N4O3S. The Morgan fingerprint density at radius 3 is 2.38 bits per heavy atom. The van der Waals surface area contributed by atoms with Crippen molar-refractivity contribution in [3.8, 4) is 11.4 Å². The fraction of sp³-hybridized carbons (Fsp3) is 0.222. The molecule has 1 atom stereocenters. The lowest BCUT2D eigenvalue weighted by atomic mass is 10.1. The normalized spacial score (nSPS) is 12.7. The molecular weight excluding hydrogens is 352 g/mol. The summed E-state index contributed by atoms with van der Waals surface area (Å²) in [6.45, 7) is 4.21. The van der Waals surface area contributed by atoms with Crippen molar-refractivity contribution in [2.45, 2.75) is 24.8 Å². The third-order valence-corrected chi connectivity index (χ3v) is 5.41. The van der Waals surface area contributed by atoms with Gasteiger partial charge in [0.05, 0.1) is 17.2 Å². The average Bonchev–Trinajstić information content (AvgIpc) is 3.17. The zero-order valence-electron chi connectivity index (χ0n) is 14.5. The van der Waals surface area contributed by atoms with Crippen LogP contribution in [0, 0.1) is 0 Å². The standard InChI is InChI=1S/C18H20N4O3S/c1-3-25-17-8-10-18(11-9-17)26(23,24)21-14(2)15-4-6-16(7-5-15)22-13-19-12-20-22/h4-14,21H,3H2,1-2H3/t14-/m1/s1. The number of hydrogen-bond acceptors (Lipinski definition) is 5. The van der Waals surface area contributed by atoms with Crippen molar-refractivity contribution < 1.29 is 13.2 Å². The van der Waals surface area contributed by atoms with Gasteiger partial charge < -0.3 is 4.74 Å². The van der Waals surface area contributed by atoms with Gasteiger partial charge in [-0.25, -0.2) is 22.8 Å². The van der Waals surface area contributed by atoms with Crippen LogP contribution in [0.5, 0.6) is 5.75 Å². The Labute approximate surface area is 152 Å². The summed E-state index contributed by atoms with van der Waals surface area (Å²) in [5.74, 6) is 0.642. The molecule has 0 radical (unpaired) electrons. The third-order valence-electron chi connectivity index (χ3n) is 3.85. The minimum atomic E-state index is -3.63. The second kappa shape index (κ2) is 7.67. The molecule has 0 fully saturated rings. The number of aromatic nitrogens is 3. The summed E-state index contributed by atoms with van der Waals surface area (Å²) in [6, 6.07) is 13.5. The van der Waals surface area contributed by atoms with Crippen molar-refractivity contribution >= 4 is 10.0 Å². The maximum Gasteiger partial charge on any atom is 0.241 e. The molecule has 0 saturated carbocycles. The molecule has 7 nitrogen and oxygen atoms in total. The highest BCUT2D eigenvalue weighted by Gasteiger charge is 2.18. The monoisotopic (exact) mass is 372 g/mol. The summed E-state index contributed by atoms with van der Waals surface area (Å²) in [6.07, 6.45) is 3.06. The fourth-order valence-electron chi connectivity index (χ4n) is 2.51. The minimum Gasteiger partial charge on any atom is -0.494 e. The highest BCUT2D eigenvalue weighted by Crippen LogP contribution is 2.20. The number of hydrogen-bond donors (Lipinski definition) is 1. The molecule has 0 aliphatic rings. The molecule has 1 aromatic heterocycles. The molecule has 136 valence electrons. The summed E-state index contributed by atoms with van der Waals surface area (Å²) in [7, 11) is -3.63. The lowest BCUT2D eigenvalue weighted by molar-refractivity contribution is 0.340. The number of nitrogens with one attached hydrogen (secondary N) is 1. The van der Waals surface area contributed by atoms with Crippen LogP contribution in [0.1, 0.15) is 25.5 Å². The average molecular weight is 372 g/mol. The van der Waals surface area contributed by atoms with Crippen LogP contribution in [0.3, 0.4) is 0 Å². The van der Waals surface area contributed by atoms with Gasteiger partial charge >= 0.3 is 0 Å². The lowest BCUT2D eigenvalue weighted by Gasteiger charge is -2.15. The first-order valence-electron chi connectivity index (χ1n) is 8.20. The van der Waals surface area contributed by atoms with Gasteiger partial charge in [-0.05, 0) is 55.8 Å². The van der Waals surface area contributed by atoms with E-state index >= 15 is 0 Å². The zero-order chi connectivity index (χ0) is 18.6. The van der Waals surface area contributed by atoms with Gasteiger partial charge in [-0.2, -0.15) is 5.10 Å². The molecule has 0 amide bonds. The van der Waals surface area contributed by atoms with E-state index in [1.165, 1.54) is 18.5 Å². The summed E-state index contributed by atoms with van der Waals surface area (Å²) < 4.78 is 34.8. The predicted molar refractivity (Wildman–Crippen MR) is 97.7 cm³/mol. The highest BCUT2D eigenvalue weighted by molar-refractivity contribution is 7.89. The molecule has 2 aromatic carbocycles. The van der Waals surface area contributed by atoms with Crippen molar-refractivity contribution in [3.63, 3.8) is 0 Å². The molecule has 0 bridgehead atoms. The van der Waals surface area contributed by atoms with Crippen LogP contribution >= 0.6 is 0 Å². The smallest absolute Gasteiger partial charge is 0.241 e. The zero-order valence-corrected chi connectivity index (χ0v) is 15.3. The summed E-state index contributed by atoms with van der Waals surface area (Å²) in [5, 5.41) is 4.06. The van der Waals surface area contributed by atoms with Gasteiger partial charge in [0.25, 0.3) is 0 Å². The summed E-state index contributed by atoms with van der Waals surface area (Å²) in [4.78, 5) is 4.11. The van der Waals surface area contributed by atoms with E-state index in [9.17, 15) is 8.42 Å². The molecule has 0 aliphatic heterocycles. The van der Waals surface area contributed by atoms with Gasteiger partial charge in [0.15, 0.2) is 0 Å². The quantitative estimate of drug-likeness (QED) is 0.689. The van der Waals surface area contributed by atoms with E-state index in [4.69, 9.17) is 4.74 Å². The highest BCUT2D eigenvalue weighted by atomic mass is 32.2. The molecule has 0 spiro atoms. The molecule has 0 aliphatic carbocycles. The SMILES string of the molecule is CCOc1ccc(S(=O)(=O)N[C@H](C)c2ccc(-n3cncn3)cc2)cc1. The number of sulfonamides is 1. The van der Waals surface area contributed by atoms with Crippen molar-refractivity contribution in [2.75, 3.05) is 6.61 Å². The molecule has 1 heterocycles. The van der Waals surface area contributed by atoms with E-state index in [1.807, 2.05) is 31.2 Å². The molecule has 3 aromatic rings. The Kier molecular flexibility index (Phi) is 5.34. The van der Waals surface area contributed by atoms with Crippen LogP contribution in [0.4, 0.5) is 0 Å². The Morgan fingerprint density at radius 1 is 1.12 bits per heavy atom. The number of nitrogens with zero attached hydrogens (tertiary/aromatic N) is 3. The van der Waals surface area contributed by atoms with Crippen LogP contribution in [0.2, 0.25) is 0 Å². The largest absolute Gasteiger partial charge is 0.494 e. The number of rotatable bonds is 7.